The minimum atomic E-state index is 0.133. The van der Waals surface area contributed by atoms with E-state index in [-0.39, 0.29) is 5.91 Å². The molecule has 0 unspecified atom stereocenters. The van der Waals surface area contributed by atoms with Gasteiger partial charge in [-0.05, 0) is 52.6 Å². The summed E-state index contributed by atoms with van der Waals surface area (Å²) in [6, 6.07) is 0. The molecule has 0 spiro atoms. The van der Waals surface area contributed by atoms with Crippen LogP contribution in [-0.2, 0) is 7.05 Å². The Morgan fingerprint density at radius 2 is 2.05 bits per heavy atom. The van der Waals surface area contributed by atoms with E-state index in [2.05, 4.69) is 17.3 Å². The Bertz CT molecular complexity index is 474. The molecule has 1 fully saturated rings. The molecule has 0 radical (unpaired) electrons. The van der Waals surface area contributed by atoms with Gasteiger partial charge in [0.1, 0.15) is 0 Å². The molecule has 0 bridgehead atoms. The highest BCUT2D eigenvalue weighted by Crippen LogP contribution is 2.18. The molecule has 1 amide bonds. The zero-order valence-electron chi connectivity index (χ0n) is 13.1. The Balaban J connectivity index is 2.12. The van der Waals surface area contributed by atoms with E-state index < -0.39 is 0 Å². The fraction of sp³-hybridized carbons (Fsp3) is 0.733. The van der Waals surface area contributed by atoms with Gasteiger partial charge >= 0.3 is 0 Å². The fourth-order valence-electron chi connectivity index (χ4n) is 2.97. The van der Waals surface area contributed by atoms with Crippen molar-refractivity contribution in [1.82, 2.24) is 20.0 Å². The van der Waals surface area contributed by atoms with Crippen LogP contribution in [0.5, 0.6) is 0 Å². The molecule has 0 aromatic carbocycles. The molecule has 1 N–H and O–H groups in total. The summed E-state index contributed by atoms with van der Waals surface area (Å²) in [5.41, 5.74) is 2.57. The predicted molar refractivity (Wildman–Crippen MR) is 79.9 cm³/mol. The highest BCUT2D eigenvalue weighted by molar-refractivity contribution is 5.96. The lowest BCUT2D eigenvalue weighted by Crippen LogP contribution is -2.39. The zero-order chi connectivity index (χ0) is 14.7. The first kappa shape index (κ1) is 15.0. The van der Waals surface area contributed by atoms with Crippen molar-refractivity contribution in [3.05, 3.63) is 17.0 Å². The number of carbonyl (C=O) groups is 1. The summed E-state index contributed by atoms with van der Waals surface area (Å²) in [6.45, 7) is 9.70. The molecule has 112 valence electrons. The van der Waals surface area contributed by atoms with Gasteiger partial charge < -0.3 is 10.2 Å². The molecule has 2 heterocycles. The largest absolute Gasteiger partial charge is 0.339 e. The van der Waals surface area contributed by atoms with Gasteiger partial charge in [0, 0.05) is 25.8 Å². The molecule has 1 aromatic rings. The molecule has 5 nitrogen and oxygen atoms in total. The van der Waals surface area contributed by atoms with Crippen molar-refractivity contribution in [2.45, 2.75) is 33.6 Å². The van der Waals surface area contributed by atoms with E-state index in [0.29, 0.717) is 5.92 Å². The van der Waals surface area contributed by atoms with Gasteiger partial charge in [-0.15, -0.1) is 0 Å². The van der Waals surface area contributed by atoms with E-state index >= 15 is 0 Å². The fourth-order valence-corrected chi connectivity index (χ4v) is 2.97. The van der Waals surface area contributed by atoms with E-state index in [1.165, 1.54) is 0 Å². The number of rotatable bonds is 4. The molecule has 5 heteroatoms. The Morgan fingerprint density at radius 1 is 1.40 bits per heavy atom. The summed E-state index contributed by atoms with van der Waals surface area (Å²) in [4.78, 5) is 14.7. The lowest BCUT2D eigenvalue weighted by Gasteiger charge is -2.29. The summed E-state index contributed by atoms with van der Waals surface area (Å²) in [5, 5.41) is 7.73. The van der Waals surface area contributed by atoms with Crippen LogP contribution in [0.1, 0.15) is 41.5 Å². The molecule has 20 heavy (non-hydrogen) atoms. The highest BCUT2D eigenvalue weighted by Gasteiger charge is 2.24. The van der Waals surface area contributed by atoms with E-state index in [9.17, 15) is 4.79 Å². The van der Waals surface area contributed by atoms with Gasteiger partial charge in [0.2, 0.25) is 0 Å². The minimum Gasteiger partial charge on any atom is -0.339 e. The van der Waals surface area contributed by atoms with Gasteiger partial charge in [-0.2, -0.15) is 5.10 Å². The van der Waals surface area contributed by atoms with Gasteiger partial charge in [0.15, 0.2) is 0 Å². The lowest BCUT2D eigenvalue weighted by molar-refractivity contribution is 0.0725. The minimum absolute atomic E-state index is 0.133. The molecule has 0 atom stereocenters. The van der Waals surface area contributed by atoms with Crippen molar-refractivity contribution < 1.29 is 4.79 Å². The van der Waals surface area contributed by atoms with Crippen LogP contribution in [-0.4, -0.2) is 46.8 Å². The van der Waals surface area contributed by atoms with Crippen LogP contribution in [0.3, 0.4) is 0 Å². The molecule has 1 aliphatic heterocycles. The average Bonchev–Trinajstić information content (AvgIpc) is 2.70. The molecule has 1 saturated heterocycles. The number of amides is 1. The smallest absolute Gasteiger partial charge is 0.257 e. The number of nitrogens with one attached hydrogen (secondary N) is 1. The maximum absolute atomic E-state index is 12.8. The Hall–Kier alpha value is -1.36. The lowest BCUT2D eigenvalue weighted by atomic mass is 9.97. The van der Waals surface area contributed by atoms with Gasteiger partial charge in [0.05, 0.1) is 11.3 Å². The zero-order valence-corrected chi connectivity index (χ0v) is 13.1. The second-order valence-corrected chi connectivity index (χ2v) is 5.71. The van der Waals surface area contributed by atoms with Crippen molar-refractivity contribution in [2.24, 2.45) is 13.0 Å². The second-order valence-electron chi connectivity index (χ2n) is 5.71. The third-order valence-corrected chi connectivity index (χ3v) is 4.33. The third-order valence-electron chi connectivity index (χ3n) is 4.33. The number of piperidine rings is 1. The van der Waals surface area contributed by atoms with Crippen LogP contribution in [0.2, 0.25) is 0 Å². The summed E-state index contributed by atoms with van der Waals surface area (Å²) >= 11 is 0. The van der Waals surface area contributed by atoms with Gasteiger partial charge in [-0.25, -0.2) is 0 Å². The van der Waals surface area contributed by atoms with Crippen molar-refractivity contribution >= 4 is 5.91 Å². The molecular formula is C15H26N4O. The van der Waals surface area contributed by atoms with Crippen LogP contribution in [0.15, 0.2) is 0 Å². The maximum atomic E-state index is 12.8. The SMILES string of the molecule is CCN(CC1CCNCC1)C(=O)c1c(C)nn(C)c1C. The number of nitrogens with zero attached hydrogens (tertiary/aromatic N) is 3. The Kier molecular flexibility index (Phi) is 4.81. The van der Waals surface area contributed by atoms with Gasteiger partial charge in [-0.3, -0.25) is 9.48 Å². The van der Waals surface area contributed by atoms with Crippen molar-refractivity contribution in [2.75, 3.05) is 26.2 Å². The standard InChI is InChI=1S/C15H26N4O/c1-5-19(10-13-6-8-16-9-7-13)15(20)14-11(2)17-18(4)12(14)3/h13,16H,5-10H2,1-4H3. The summed E-state index contributed by atoms with van der Waals surface area (Å²) in [5.74, 6) is 0.756. The van der Waals surface area contributed by atoms with Gasteiger partial charge in [-0.1, -0.05) is 0 Å². The molecule has 1 aromatic heterocycles. The second kappa shape index (κ2) is 6.39. The van der Waals surface area contributed by atoms with Crippen molar-refractivity contribution in [1.29, 1.82) is 0 Å². The number of hydrogen-bond acceptors (Lipinski definition) is 3. The number of aryl methyl sites for hydroxylation is 2. The first-order chi connectivity index (χ1) is 9.54. The summed E-state index contributed by atoms with van der Waals surface area (Å²) in [6.07, 6.45) is 2.32. The summed E-state index contributed by atoms with van der Waals surface area (Å²) in [7, 11) is 1.89. The van der Waals surface area contributed by atoms with Crippen molar-refractivity contribution in [3.63, 3.8) is 0 Å². The number of carbonyl (C=O) groups excluding carboxylic acids is 1. The molecule has 1 aliphatic rings. The molecule has 2 rings (SSSR count). The normalized spacial score (nSPS) is 16.4. The van der Waals surface area contributed by atoms with E-state index in [1.54, 1.807) is 4.68 Å². The van der Waals surface area contributed by atoms with Crippen LogP contribution in [0.4, 0.5) is 0 Å². The monoisotopic (exact) mass is 278 g/mol. The van der Waals surface area contributed by atoms with Crippen molar-refractivity contribution in [3.8, 4) is 0 Å². The first-order valence-electron chi connectivity index (χ1n) is 7.54. The van der Waals surface area contributed by atoms with Crippen LogP contribution < -0.4 is 5.32 Å². The van der Waals surface area contributed by atoms with E-state index in [1.807, 2.05) is 25.8 Å². The number of aromatic nitrogens is 2. The van der Waals surface area contributed by atoms with Crippen LogP contribution in [0.25, 0.3) is 0 Å². The molecule has 0 aliphatic carbocycles. The Labute approximate surface area is 121 Å². The van der Waals surface area contributed by atoms with E-state index in [0.717, 1.165) is 56.0 Å². The van der Waals surface area contributed by atoms with E-state index in [4.69, 9.17) is 0 Å². The van der Waals surface area contributed by atoms with Crippen LogP contribution >= 0.6 is 0 Å². The first-order valence-corrected chi connectivity index (χ1v) is 7.54. The maximum Gasteiger partial charge on any atom is 0.257 e. The average molecular weight is 278 g/mol. The quantitative estimate of drug-likeness (QED) is 0.908. The summed E-state index contributed by atoms with van der Waals surface area (Å²) < 4.78 is 1.79. The highest BCUT2D eigenvalue weighted by atomic mass is 16.2. The topological polar surface area (TPSA) is 50.2 Å². The Morgan fingerprint density at radius 3 is 2.55 bits per heavy atom. The molecular weight excluding hydrogens is 252 g/mol. The predicted octanol–water partition coefficient (Wildman–Crippen LogP) is 1.50. The third kappa shape index (κ3) is 3.03. The van der Waals surface area contributed by atoms with Crippen LogP contribution in [0, 0.1) is 19.8 Å². The number of hydrogen-bond donors (Lipinski definition) is 1. The van der Waals surface area contributed by atoms with Gasteiger partial charge in [0.25, 0.3) is 5.91 Å². The molecule has 0 saturated carbocycles.